The van der Waals surface area contributed by atoms with Crippen LogP contribution in [0.15, 0.2) is 229 Å². The molecule has 8 aromatic carbocycles. The van der Waals surface area contributed by atoms with Gasteiger partial charge in [0.05, 0.1) is 5.70 Å². The van der Waals surface area contributed by atoms with Gasteiger partial charge in [-0.05, 0) is 116 Å². The lowest BCUT2D eigenvalue weighted by molar-refractivity contribution is 0.413. The molecule has 0 spiro atoms. The second kappa shape index (κ2) is 19.9. The van der Waals surface area contributed by atoms with Gasteiger partial charge in [0.25, 0.3) is 0 Å². The quantitative estimate of drug-likeness (QED) is 0.0847. The highest BCUT2D eigenvalue weighted by atomic mass is 127. The van der Waals surface area contributed by atoms with Crippen molar-refractivity contribution < 1.29 is 0 Å². The number of fused-ring (bicyclic) bond motifs is 8. The molecule has 384 valence electrons. The molecule has 0 saturated heterocycles. The van der Waals surface area contributed by atoms with Crippen molar-refractivity contribution in [2.45, 2.75) is 90.8 Å². The number of anilines is 4. The van der Waals surface area contributed by atoms with Gasteiger partial charge < -0.3 is 22.0 Å². The molecule has 4 heterocycles. The first-order valence-corrected chi connectivity index (χ1v) is 29.8. The van der Waals surface area contributed by atoms with Crippen molar-refractivity contribution in [2.24, 2.45) is 0 Å². The lowest BCUT2D eigenvalue weighted by Gasteiger charge is -2.38. The normalized spacial score (nSPS) is 17.5. The minimum Gasteiger partial charge on any atom is -0.365 e. The molecular weight excluding hydrogens is 1050 g/mol. The number of halogens is 1. The van der Waals surface area contributed by atoms with E-state index in [9.17, 15) is 0 Å². The van der Waals surface area contributed by atoms with Crippen molar-refractivity contribution in [1.82, 2.24) is 9.13 Å². The van der Waals surface area contributed by atoms with Crippen molar-refractivity contribution in [1.29, 1.82) is 0 Å². The zero-order valence-electron chi connectivity index (χ0n) is 45.3. The Hall–Kier alpha value is -7.42. The third-order valence-corrected chi connectivity index (χ3v) is 21.0. The molecule has 1 aliphatic carbocycles. The molecule has 0 bridgehead atoms. The van der Waals surface area contributed by atoms with Crippen molar-refractivity contribution in [3.63, 3.8) is 0 Å². The fourth-order valence-electron chi connectivity index (χ4n) is 13.2. The topological polar surface area (TPSA) is 19.6 Å². The van der Waals surface area contributed by atoms with Crippen molar-refractivity contribution in [3.05, 3.63) is 251 Å². The van der Waals surface area contributed by atoms with Gasteiger partial charge >= 0.3 is 0 Å². The molecule has 0 fully saturated rings. The van der Waals surface area contributed by atoms with Crippen LogP contribution in [-0.4, -0.2) is 31.8 Å². The Morgan fingerprint density at radius 2 is 0.987 bits per heavy atom. The molecule has 0 saturated carbocycles. The number of allylic oxidation sites excluding steroid dienone is 4. The molecule has 0 amide bonds. The van der Waals surface area contributed by atoms with Gasteiger partial charge in [0.1, 0.15) is 0 Å². The first-order chi connectivity index (χ1) is 37.5. The molecule has 6 heteroatoms. The first kappa shape index (κ1) is 49.2. The van der Waals surface area contributed by atoms with Crippen LogP contribution in [0.5, 0.6) is 0 Å². The predicted octanol–water partition coefficient (Wildman–Crippen LogP) is 18.0. The van der Waals surface area contributed by atoms with E-state index in [4.69, 9.17) is 0 Å². The standard InChI is InChI=1S/C71H68IN5/c1-49-33-39-65-59(47-49)71(5,6)68(75(65)44-43-73-61-29-17-13-25-55(61)56-26-14-18-30-62(56)73)42-38-52-36-35-51(69(52)77(53-21-9-7-10-22-53)54-23-11-8-12-24-54)37-41-67-70(3,4)60-48-50(2)34-40-66(60)76(72-67)46-45-74-63-31-19-15-27-57(63)58-28-16-20-32-64(58)74/h7-34,37-41,47-48,68H,35-36,42-46H2,1-6H3/b41-37+,52-38+. The number of hydrogen-bond donors (Lipinski definition) is 0. The zero-order chi connectivity index (χ0) is 52.4. The lowest BCUT2D eigenvalue weighted by atomic mass is 9.78. The van der Waals surface area contributed by atoms with Crippen molar-refractivity contribution in [2.75, 3.05) is 26.0 Å². The van der Waals surface area contributed by atoms with Gasteiger partial charge in [-0.1, -0.05) is 191 Å². The monoisotopic (exact) mass is 1120 g/mol. The molecule has 2 aliphatic heterocycles. The summed E-state index contributed by atoms with van der Waals surface area (Å²) >= 11 is -0.533. The summed E-state index contributed by atoms with van der Waals surface area (Å²) in [5, 5.41) is 5.32. The summed E-state index contributed by atoms with van der Waals surface area (Å²) in [6.45, 7) is 18.1. The van der Waals surface area contributed by atoms with E-state index in [2.05, 4.69) is 276 Å². The molecule has 77 heavy (non-hydrogen) atoms. The maximum absolute atomic E-state index is 2.76. The maximum atomic E-state index is 2.76. The molecule has 2 aromatic heterocycles. The third kappa shape index (κ3) is 8.64. The molecule has 5 nitrogen and oxygen atoms in total. The van der Waals surface area contributed by atoms with Crippen LogP contribution in [0.4, 0.5) is 22.7 Å². The fraction of sp³-hybridized carbons (Fsp3) is 0.225. The summed E-state index contributed by atoms with van der Waals surface area (Å²) in [5.41, 5.74) is 19.9. The minimum absolute atomic E-state index is 0.0715. The van der Waals surface area contributed by atoms with Gasteiger partial charge in [-0.25, -0.2) is 0 Å². The SMILES string of the molecule is Cc1ccc2c(c1)C(C)(C)C(/C=C/C1=C(N(c3ccccc3)c3ccccc3)C(=C/CC3N(CCn4c5ccccc5c5ccccc54)c4ccc(C)cc4C3(C)C)/CC1)=IN2CCn1c2ccccc2c2ccccc21. The van der Waals surface area contributed by atoms with E-state index >= 15 is 0 Å². The summed E-state index contributed by atoms with van der Waals surface area (Å²) < 4.78 is 9.42. The van der Waals surface area contributed by atoms with Crippen molar-refractivity contribution in [3.8, 4) is 0 Å². The van der Waals surface area contributed by atoms with Crippen LogP contribution < -0.4 is 12.9 Å². The largest absolute Gasteiger partial charge is 0.365 e. The van der Waals surface area contributed by atoms with Gasteiger partial charge in [0.2, 0.25) is 0 Å². The molecule has 10 aromatic rings. The number of benzene rings is 8. The van der Waals surface area contributed by atoms with Gasteiger partial charge in [-0.2, -0.15) is 0 Å². The van der Waals surface area contributed by atoms with E-state index in [-0.39, 0.29) is 16.9 Å². The third-order valence-electron chi connectivity index (χ3n) is 17.2. The highest BCUT2D eigenvalue weighted by Gasteiger charge is 2.44. The molecule has 1 atom stereocenters. The van der Waals surface area contributed by atoms with E-state index < -0.39 is 21.0 Å². The smallest absolute Gasteiger partial charge is 0.0522 e. The molecule has 0 radical (unpaired) electrons. The Balaban J connectivity index is 0.892. The Morgan fingerprint density at radius 3 is 1.53 bits per heavy atom. The van der Waals surface area contributed by atoms with Gasteiger partial charge in [-0.3, -0.25) is 0 Å². The van der Waals surface area contributed by atoms with Crippen LogP contribution in [-0.2, 0) is 23.9 Å². The molecular formula is C71H68IN5. The number of aryl methyl sites for hydroxylation is 2. The fourth-order valence-corrected chi connectivity index (χ4v) is 16.2. The van der Waals surface area contributed by atoms with E-state index in [0.717, 1.165) is 45.4 Å². The van der Waals surface area contributed by atoms with Gasteiger partial charge in [0, 0.05) is 134 Å². The van der Waals surface area contributed by atoms with Crippen LogP contribution in [0.1, 0.15) is 69.2 Å². The minimum atomic E-state index is -0.533. The van der Waals surface area contributed by atoms with E-state index in [0.29, 0.717) is 0 Å². The number of para-hydroxylation sites is 6. The summed E-state index contributed by atoms with van der Waals surface area (Å²) in [5.74, 6) is 0. The van der Waals surface area contributed by atoms with Crippen LogP contribution in [0.25, 0.3) is 43.6 Å². The number of hydrogen-bond acceptors (Lipinski definition) is 3. The lowest BCUT2D eigenvalue weighted by Crippen LogP contribution is -2.42. The molecule has 3 aliphatic rings. The zero-order valence-corrected chi connectivity index (χ0v) is 47.5. The Kier molecular flexibility index (Phi) is 12.7. The van der Waals surface area contributed by atoms with Crippen LogP contribution in [0.2, 0.25) is 0 Å². The maximum Gasteiger partial charge on any atom is 0.0522 e. The summed E-state index contributed by atoms with van der Waals surface area (Å²) in [7, 11) is 0. The average Bonchev–Trinajstić information content (AvgIpc) is 4.16. The summed E-state index contributed by atoms with van der Waals surface area (Å²) in [6.07, 6.45) is 10.7. The second-order valence-electron chi connectivity index (χ2n) is 22.7. The average molecular weight is 1120 g/mol. The van der Waals surface area contributed by atoms with Crippen LogP contribution in [0, 0.1) is 13.8 Å². The highest BCUT2D eigenvalue weighted by molar-refractivity contribution is 14.2. The van der Waals surface area contributed by atoms with Crippen LogP contribution >= 0.6 is 21.0 Å². The molecule has 1 unspecified atom stereocenters. The van der Waals surface area contributed by atoms with Crippen molar-refractivity contribution >= 4 is 90.9 Å². The van der Waals surface area contributed by atoms with Gasteiger partial charge in [-0.15, -0.1) is 0 Å². The Morgan fingerprint density at radius 1 is 0.506 bits per heavy atom. The number of aromatic nitrogens is 2. The second-order valence-corrected chi connectivity index (χ2v) is 25.5. The Bertz CT molecular complexity index is 3870. The van der Waals surface area contributed by atoms with Crippen LogP contribution in [0.3, 0.4) is 0 Å². The van der Waals surface area contributed by atoms with E-state index in [1.807, 2.05) is 0 Å². The van der Waals surface area contributed by atoms with E-state index in [1.165, 1.54) is 105 Å². The van der Waals surface area contributed by atoms with Gasteiger partial charge in [0.15, 0.2) is 0 Å². The molecule has 13 rings (SSSR count). The Labute approximate surface area is 465 Å². The number of rotatable bonds is 13. The first-order valence-electron chi connectivity index (χ1n) is 27.8. The van der Waals surface area contributed by atoms with E-state index in [1.54, 1.807) is 3.51 Å². The summed E-state index contributed by atoms with van der Waals surface area (Å²) in [4.78, 5) is 5.32. The summed E-state index contributed by atoms with van der Waals surface area (Å²) in [6, 6.07) is 72.5. The number of nitrogens with zero attached hydrogens (tertiary/aromatic N) is 5. The molecule has 0 N–H and O–H groups in total. The highest BCUT2D eigenvalue weighted by Crippen LogP contribution is 2.50. The predicted molar refractivity (Wildman–Crippen MR) is 338 cm³/mol.